The van der Waals surface area contributed by atoms with Gasteiger partial charge in [-0.1, -0.05) is 31.2 Å². The first kappa shape index (κ1) is 21.1. The Balaban J connectivity index is 1.67. The molecule has 0 aliphatic heterocycles. The van der Waals surface area contributed by atoms with Crippen LogP contribution in [-0.4, -0.2) is 38.0 Å². The number of nitrogens with zero attached hydrogens (tertiary/aromatic N) is 4. The minimum absolute atomic E-state index is 0.131. The fourth-order valence-electron chi connectivity index (χ4n) is 2.51. The predicted molar refractivity (Wildman–Crippen MR) is 118 cm³/mol. The molecule has 0 aliphatic carbocycles. The van der Waals surface area contributed by atoms with Gasteiger partial charge in [0.25, 0.3) is 0 Å². The van der Waals surface area contributed by atoms with E-state index >= 15 is 0 Å². The van der Waals surface area contributed by atoms with Crippen molar-refractivity contribution in [2.75, 3.05) is 17.7 Å². The molecule has 0 fully saturated rings. The lowest BCUT2D eigenvalue weighted by Crippen LogP contribution is -2.14. The topological polar surface area (TPSA) is 81.9 Å². The van der Waals surface area contributed by atoms with E-state index in [2.05, 4.69) is 34.0 Å². The number of hydrogen-bond acceptors (Lipinski definition) is 7. The molecule has 3 aromatic rings. The number of aromatic nitrogens is 4. The smallest absolute Gasteiger partial charge is 0.236 e. The van der Waals surface area contributed by atoms with E-state index in [-0.39, 0.29) is 11.7 Å². The first-order valence-corrected chi connectivity index (χ1v) is 11.2. The van der Waals surface area contributed by atoms with Gasteiger partial charge in [0, 0.05) is 23.7 Å². The molecule has 0 bridgehead atoms. The van der Waals surface area contributed by atoms with E-state index in [0.29, 0.717) is 23.4 Å². The van der Waals surface area contributed by atoms with Gasteiger partial charge in [0.15, 0.2) is 16.1 Å². The number of nitrogens with one attached hydrogen (secondary N) is 1. The van der Waals surface area contributed by atoms with Gasteiger partial charge in [-0.25, -0.2) is 4.98 Å². The van der Waals surface area contributed by atoms with Crippen LogP contribution in [0, 0.1) is 0 Å². The van der Waals surface area contributed by atoms with Crippen molar-refractivity contribution in [2.24, 2.45) is 0 Å². The second-order valence-electron chi connectivity index (χ2n) is 6.11. The Morgan fingerprint density at radius 2 is 2.17 bits per heavy atom. The summed E-state index contributed by atoms with van der Waals surface area (Å²) in [6.07, 6.45) is 5.58. The highest BCUT2D eigenvalue weighted by Crippen LogP contribution is 2.26. The number of carbonyl (C=O) groups is 1. The molecule has 0 radical (unpaired) electrons. The molecule has 0 atom stereocenters. The molecule has 1 N–H and O–H groups in total. The van der Waals surface area contributed by atoms with Gasteiger partial charge < -0.3 is 10.1 Å². The lowest BCUT2D eigenvalue weighted by atomic mass is 10.2. The van der Waals surface area contributed by atoms with Crippen molar-refractivity contribution in [2.45, 2.75) is 31.5 Å². The molecule has 9 heteroatoms. The molecular formula is C20H23N5O2S2. The Morgan fingerprint density at radius 3 is 2.86 bits per heavy atom. The van der Waals surface area contributed by atoms with E-state index in [4.69, 9.17) is 4.74 Å². The van der Waals surface area contributed by atoms with Gasteiger partial charge in [-0.3, -0.25) is 9.36 Å². The van der Waals surface area contributed by atoms with Crippen molar-refractivity contribution in [3.05, 3.63) is 48.5 Å². The van der Waals surface area contributed by atoms with Crippen molar-refractivity contribution in [3.63, 3.8) is 0 Å². The molecule has 0 aliphatic rings. The standard InChI is InChI=1S/C20H23N5O2S2/c1-3-5-12-27-16-8-6-15(7-9-16)18-23-24-20(25(18)11-4-2)29-14-17(26)22-19-21-10-13-28-19/h4,6-10,13H,2-3,5,11-12,14H2,1H3,(H,21,22,26). The number of amides is 1. The van der Waals surface area contributed by atoms with Gasteiger partial charge >= 0.3 is 0 Å². The summed E-state index contributed by atoms with van der Waals surface area (Å²) in [6.45, 7) is 7.22. The van der Waals surface area contributed by atoms with Crippen LogP contribution in [0.2, 0.25) is 0 Å². The highest BCUT2D eigenvalue weighted by molar-refractivity contribution is 7.99. The fraction of sp³-hybridized carbons (Fsp3) is 0.300. The molecular weight excluding hydrogens is 406 g/mol. The molecule has 29 heavy (non-hydrogen) atoms. The number of carbonyl (C=O) groups excluding carboxylic acids is 1. The lowest BCUT2D eigenvalue weighted by molar-refractivity contribution is -0.113. The van der Waals surface area contributed by atoms with Crippen LogP contribution in [0.25, 0.3) is 11.4 Å². The normalized spacial score (nSPS) is 10.7. The quantitative estimate of drug-likeness (QED) is 0.275. The van der Waals surface area contributed by atoms with Gasteiger partial charge in [0.1, 0.15) is 5.75 Å². The molecule has 3 rings (SSSR count). The molecule has 0 saturated carbocycles. The van der Waals surface area contributed by atoms with Crippen LogP contribution in [-0.2, 0) is 11.3 Å². The van der Waals surface area contributed by atoms with Crippen LogP contribution in [0.4, 0.5) is 5.13 Å². The van der Waals surface area contributed by atoms with E-state index in [0.717, 1.165) is 30.0 Å². The van der Waals surface area contributed by atoms with E-state index in [1.54, 1.807) is 12.3 Å². The van der Waals surface area contributed by atoms with E-state index in [1.165, 1.54) is 23.1 Å². The van der Waals surface area contributed by atoms with Gasteiger partial charge in [0.2, 0.25) is 5.91 Å². The number of unbranched alkanes of at least 4 members (excludes halogenated alkanes) is 1. The first-order chi connectivity index (χ1) is 14.2. The number of rotatable bonds is 11. The van der Waals surface area contributed by atoms with Crippen LogP contribution in [0.5, 0.6) is 5.75 Å². The number of ether oxygens (including phenoxy) is 1. The maximum atomic E-state index is 12.1. The summed E-state index contributed by atoms with van der Waals surface area (Å²) < 4.78 is 7.66. The lowest BCUT2D eigenvalue weighted by Gasteiger charge is -2.09. The molecule has 7 nitrogen and oxygen atoms in total. The van der Waals surface area contributed by atoms with Crippen LogP contribution < -0.4 is 10.1 Å². The summed E-state index contributed by atoms with van der Waals surface area (Å²) in [5, 5.41) is 14.4. The SMILES string of the molecule is C=CCn1c(SCC(=O)Nc2nccs2)nnc1-c1ccc(OCCCC)cc1. The number of anilines is 1. The Bertz CT molecular complexity index is 923. The third kappa shape index (κ3) is 5.91. The second-order valence-corrected chi connectivity index (χ2v) is 7.94. The average Bonchev–Trinajstić information content (AvgIpc) is 3.38. The van der Waals surface area contributed by atoms with Gasteiger partial charge in [-0.15, -0.1) is 28.1 Å². The molecule has 0 unspecified atom stereocenters. The molecule has 0 spiro atoms. The zero-order valence-corrected chi connectivity index (χ0v) is 17.8. The minimum atomic E-state index is -0.131. The van der Waals surface area contributed by atoms with E-state index in [1.807, 2.05) is 34.2 Å². The minimum Gasteiger partial charge on any atom is -0.494 e. The Labute approximate surface area is 178 Å². The average molecular weight is 430 g/mol. The summed E-state index contributed by atoms with van der Waals surface area (Å²) in [7, 11) is 0. The molecule has 2 heterocycles. The Hall–Kier alpha value is -2.65. The van der Waals surface area contributed by atoms with Crippen LogP contribution >= 0.6 is 23.1 Å². The molecule has 1 amide bonds. The Kier molecular flexibility index (Phi) is 7.83. The van der Waals surface area contributed by atoms with E-state index in [9.17, 15) is 4.79 Å². The summed E-state index contributed by atoms with van der Waals surface area (Å²) in [5.41, 5.74) is 0.932. The fourth-order valence-corrected chi connectivity index (χ4v) is 3.80. The molecule has 2 aromatic heterocycles. The summed E-state index contributed by atoms with van der Waals surface area (Å²) in [4.78, 5) is 16.2. The summed E-state index contributed by atoms with van der Waals surface area (Å²) >= 11 is 2.71. The van der Waals surface area contributed by atoms with Crippen molar-refractivity contribution >= 4 is 34.1 Å². The molecule has 0 saturated heterocycles. The second kappa shape index (κ2) is 10.8. The number of benzene rings is 1. The Morgan fingerprint density at radius 1 is 1.34 bits per heavy atom. The predicted octanol–water partition coefficient (Wildman–Crippen LogP) is 4.50. The maximum Gasteiger partial charge on any atom is 0.236 e. The number of hydrogen-bond donors (Lipinski definition) is 1. The zero-order valence-electron chi connectivity index (χ0n) is 16.2. The van der Waals surface area contributed by atoms with E-state index < -0.39 is 0 Å². The molecule has 1 aromatic carbocycles. The highest BCUT2D eigenvalue weighted by Gasteiger charge is 2.15. The first-order valence-electron chi connectivity index (χ1n) is 9.30. The summed E-state index contributed by atoms with van der Waals surface area (Å²) in [5.74, 6) is 1.66. The van der Waals surface area contributed by atoms with Crippen molar-refractivity contribution in [3.8, 4) is 17.1 Å². The van der Waals surface area contributed by atoms with Crippen molar-refractivity contribution < 1.29 is 9.53 Å². The third-order valence-electron chi connectivity index (χ3n) is 3.92. The largest absolute Gasteiger partial charge is 0.494 e. The number of thiazole rings is 1. The van der Waals surface area contributed by atoms with Gasteiger partial charge in [-0.05, 0) is 30.7 Å². The monoisotopic (exact) mass is 429 g/mol. The van der Waals surface area contributed by atoms with Crippen LogP contribution in [0.1, 0.15) is 19.8 Å². The van der Waals surface area contributed by atoms with Crippen molar-refractivity contribution in [1.29, 1.82) is 0 Å². The number of thioether (sulfide) groups is 1. The van der Waals surface area contributed by atoms with Crippen LogP contribution in [0.15, 0.2) is 53.7 Å². The van der Waals surface area contributed by atoms with Crippen molar-refractivity contribution in [1.82, 2.24) is 19.7 Å². The number of allylic oxidation sites excluding steroid dienone is 1. The highest BCUT2D eigenvalue weighted by atomic mass is 32.2. The van der Waals surface area contributed by atoms with Gasteiger partial charge in [-0.2, -0.15) is 0 Å². The maximum absolute atomic E-state index is 12.1. The zero-order chi connectivity index (χ0) is 20.5. The van der Waals surface area contributed by atoms with Crippen LogP contribution in [0.3, 0.4) is 0 Å². The third-order valence-corrected chi connectivity index (χ3v) is 5.57. The van der Waals surface area contributed by atoms with Gasteiger partial charge in [0.05, 0.1) is 12.4 Å². The summed E-state index contributed by atoms with van der Waals surface area (Å²) in [6, 6.07) is 7.81. The molecule has 152 valence electrons.